The van der Waals surface area contributed by atoms with Crippen molar-refractivity contribution in [3.63, 3.8) is 0 Å². The number of carbonyl (C=O) groups is 2. The van der Waals surface area contributed by atoms with E-state index in [1.54, 1.807) is 48.5 Å². The first-order valence-electron chi connectivity index (χ1n) is 14.3. The van der Waals surface area contributed by atoms with Gasteiger partial charge in [0.15, 0.2) is 0 Å². The normalized spacial score (nSPS) is 10.6. The molecule has 0 saturated heterocycles. The van der Waals surface area contributed by atoms with E-state index in [1.807, 2.05) is 43.3 Å². The summed E-state index contributed by atoms with van der Waals surface area (Å²) in [4.78, 5) is 31.2. The van der Waals surface area contributed by atoms with E-state index in [4.69, 9.17) is 0 Å². The molecule has 3 aromatic carbocycles. The van der Waals surface area contributed by atoms with Crippen LogP contribution in [0.15, 0.2) is 72.8 Å². The van der Waals surface area contributed by atoms with Crippen LogP contribution >= 0.6 is 0 Å². The molecular formula is C32H43N5O5. The maximum Gasteiger partial charge on any atom is 0.221 e. The number of hydrogen-bond donors (Lipinski definition) is 5. The van der Waals surface area contributed by atoms with E-state index in [2.05, 4.69) is 20.4 Å². The number of amides is 2. The monoisotopic (exact) mass is 577 g/mol. The van der Waals surface area contributed by atoms with Crippen LogP contribution in [0.4, 0.5) is 17.1 Å². The summed E-state index contributed by atoms with van der Waals surface area (Å²) in [7, 11) is 3.94. The number of benzene rings is 3. The maximum atomic E-state index is 12.6. The van der Waals surface area contributed by atoms with Gasteiger partial charge in [-0.2, -0.15) is 0 Å². The molecular weight excluding hydrogens is 534 g/mol. The molecule has 0 aliphatic heterocycles. The van der Waals surface area contributed by atoms with Crippen molar-refractivity contribution in [2.24, 2.45) is 0 Å². The molecule has 3 aromatic rings. The second-order valence-electron chi connectivity index (χ2n) is 10.3. The average molecular weight is 578 g/mol. The Morgan fingerprint density at radius 3 is 1.24 bits per heavy atom. The van der Waals surface area contributed by atoms with Crippen molar-refractivity contribution >= 4 is 28.9 Å². The number of phenols is 3. The lowest BCUT2D eigenvalue weighted by molar-refractivity contribution is -0.121. The van der Waals surface area contributed by atoms with Crippen LogP contribution in [0.2, 0.25) is 0 Å². The summed E-state index contributed by atoms with van der Waals surface area (Å²) in [5.74, 6) is 0.491. The number of rotatable bonds is 17. The fourth-order valence-corrected chi connectivity index (χ4v) is 4.44. The Kier molecular flexibility index (Phi) is 12.6. The van der Waals surface area contributed by atoms with Crippen LogP contribution in [-0.4, -0.2) is 80.5 Å². The molecule has 10 nitrogen and oxygen atoms in total. The van der Waals surface area contributed by atoms with E-state index in [1.165, 1.54) is 0 Å². The topological polar surface area (TPSA) is 129 Å². The second kappa shape index (κ2) is 16.6. The van der Waals surface area contributed by atoms with Crippen LogP contribution < -0.4 is 25.3 Å². The van der Waals surface area contributed by atoms with Gasteiger partial charge in [-0.1, -0.05) is 0 Å². The number of nitrogens with zero attached hydrogens (tertiary/aromatic N) is 3. The Balaban J connectivity index is 1.38. The minimum Gasteiger partial charge on any atom is -0.508 e. The van der Waals surface area contributed by atoms with E-state index in [9.17, 15) is 24.9 Å². The van der Waals surface area contributed by atoms with Gasteiger partial charge in [0, 0.05) is 83.3 Å². The van der Waals surface area contributed by atoms with Gasteiger partial charge in [-0.05, 0) is 85.6 Å². The number of hydrogen-bond acceptors (Lipinski definition) is 8. The molecule has 42 heavy (non-hydrogen) atoms. The third-order valence-electron chi connectivity index (χ3n) is 7.00. The van der Waals surface area contributed by atoms with Crippen LogP contribution in [0.5, 0.6) is 17.2 Å². The molecule has 0 fully saturated rings. The molecule has 0 bridgehead atoms. The highest BCUT2D eigenvalue weighted by molar-refractivity contribution is 5.77. The molecule has 0 atom stereocenters. The van der Waals surface area contributed by atoms with Gasteiger partial charge in [0.2, 0.25) is 11.8 Å². The fourth-order valence-electron chi connectivity index (χ4n) is 4.44. The largest absolute Gasteiger partial charge is 0.508 e. The van der Waals surface area contributed by atoms with Crippen molar-refractivity contribution in [1.29, 1.82) is 0 Å². The Morgan fingerprint density at radius 1 is 0.548 bits per heavy atom. The molecule has 0 heterocycles. The van der Waals surface area contributed by atoms with Crippen LogP contribution in [0.3, 0.4) is 0 Å². The Bertz CT molecular complexity index is 1160. The number of anilines is 3. The Hall–Kier alpha value is -4.60. The minimum absolute atomic E-state index is 0.0618. The molecule has 0 spiro atoms. The highest BCUT2D eigenvalue weighted by atomic mass is 16.3. The summed E-state index contributed by atoms with van der Waals surface area (Å²) in [5, 5.41) is 34.5. The second-order valence-corrected chi connectivity index (χ2v) is 10.3. The lowest BCUT2D eigenvalue weighted by atomic mass is 10.2. The van der Waals surface area contributed by atoms with Gasteiger partial charge >= 0.3 is 0 Å². The third-order valence-corrected chi connectivity index (χ3v) is 7.00. The number of nitrogens with one attached hydrogen (secondary N) is 2. The van der Waals surface area contributed by atoms with Crippen molar-refractivity contribution in [3.05, 3.63) is 72.8 Å². The van der Waals surface area contributed by atoms with Gasteiger partial charge in [-0.3, -0.25) is 9.59 Å². The molecule has 2 amide bonds. The summed E-state index contributed by atoms with van der Waals surface area (Å²) in [6.45, 7) is 3.48. The minimum atomic E-state index is -0.0618. The molecule has 0 aromatic heterocycles. The number of phenolic OH excluding ortho intramolecular Hbond substituents is 3. The molecule has 5 N–H and O–H groups in total. The van der Waals surface area contributed by atoms with Gasteiger partial charge in [0.25, 0.3) is 0 Å². The Morgan fingerprint density at radius 2 is 0.881 bits per heavy atom. The number of carbonyl (C=O) groups excluding carboxylic acids is 2. The first-order chi connectivity index (χ1) is 20.2. The van der Waals surface area contributed by atoms with Crippen molar-refractivity contribution in [2.75, 3.05) is 68.1 Å². The first kappa shape index (κ1) is 31.9. The van der Waals surface area contributed by atoms with Crippen molar-refractivity contribution in [3.8, 4) is 17.2 Å². The summed E-state index contributed by atoms with van der Waals surface area (Å²) < 4.78 is 0. The summed E-state index contributed by atoms with van der Waals surface area (Å²) >= 11 is 0. The highest BCUT2D eigenvalue weighted by Gasteiger charge is 2.12. The zero-order chi connectivity index (χ0) is 30.3. The molecule has 0 saturated carbocycles. The van der Waals surface area contributed by atoms with Crippen LogP contribution in [0.25, 0.3) is 0 Å². The molecule has 0 aliphatic rings. The SMILES string of the molecule is CN(CCCNC(=O)CCN(CCC(=O)NCCCN(C)c1ccc(O)cc1)c1ccc(O)cc1)c1ccc(O)cc1. The van der Waals surface area contributed by atoms with E-state index >= 15 is 0 Å². The van der Waals surface area contributed by atoms with Gasteiger partial charge in [0.05, 0.1) is 0 Å². The highest BCUT2D eigenvalue weighted by Crippen LogP contribution is 2.20. The molecule has 0 radical (unpaired) electrons. The zero-order valence-electron chi connectivity index (χ0n) is 24.5. The molecule has 0 aliphatic carbocycles. The van der Waals surface area contributed by atoms with Crippen LogP contribution in [-0.2, 0) is 9.59 Å². The molecule has 226 valence electrons. The van der Waals surface area contributed by atoms with Crippen LogP contribution in [0.1, 0.15) is 25.7 Å². The quantitative estimate of drug-likeness (QED) is 0.154. The van der Waals surface area contributed by atoms with Crippen LogP contribution in [0, 0.1) is 0 Å². The van der Waals surface area contributed by atoms with E-state index in [0.29, 0.717) is 26.2 Å². The van der Waals surface area contributed by atoms with E-state index in [-0.39, 0.29) is 41.9 Å². The predicted octanol–water partition coefficient (Wildman–Crippen LogP) is 3.68. The van der Waals surface area contributed by atoms with Gasteiger partial charge in [0.1, 0.15) is 17.2 Å². The summed E-state index contributed by atoms with van der Waals surface area (Å²) in [6, 6.07) is 20.8. The average Bonchev–Trinajstić information content (AvgIpc) is 2.98. The first-order valence-corrected chi connectivity index (χ1v) is 14.3. The predicted molar refractivity (Wildman–Crippen MR) is 168 cm³/mol. The lowest BCUT2D eigenvalue weighted by Gasteiger charge is -2.25. The maximum absolute atomic E-state index is 12.6. The van der Waals surface area contributed by atoms with Crippen molar-refractivity contribution < 1.29 is 24.9 Å². The van der Waals surface area contributed by atoms with Crippen molar-refractivity contribution in [1.82, 2.24) is 10.6 Å². The summed E-state index contributed by atoms with van der Waals surface area (Å²) in [6.07, 6.45) is 2.10. The van der Waals surface area contributed by atoms with E-state index < -0.39 is 0 Å². The Labute approximate surface area is 248 Å². The smallest absolute Gasteiger partial charge is 0.221 e. The van der Waals surface area contributed by atoms with Crippen molar-refractivity contribution in [2.45, 2.75) is 25.7 Å². The molecule has 0 unspecified atom stereocenters. The van der Waals surface area contributed by atoms with Gasteiger partial charge in [-0.15, -0.1) is 0 Å². The van der Waals surface area contributed by atoms with Gasteiger partial charge < -0.3 is 40.7 Å². The van der Waals surface area contributed by atoms with E-state index in [0.717, 1.165) is 43.0 Å². The standard InChI is InChI=1S/C32H43N5O5/c1-35(25-5-11-28(38)12-6-25)21-3-19-33-31(41)17-23-37(27-9-15-30(40)16-10-27)24-18-32(42)34-20-4-22-36(2)26-7-13-29(39)14-8-26/h5-16,38-40H,3-4,17-24H2,1-2H3,(H,33,41)(H,34,42). The molecule has 3 rings (SSSR count). The molecule has 10 heteroatoms. The van der Waals surface area contributed by atoms with Gasteiger partial charge in [-0.25, -0.2) is 0 Å². The lowest BCUT2D eigenvalue weighted by Crippen LogP contribution is -2.35. The zero-order valence-corrected chi connectivity index (χ0v) is 24.5. The summed E-state index contributed by atoms with van der Waals surface area (Å²) in [5.41, 5.74) is 2.82. The third kappa shape index (κ3) is 11.1. The number of aromatic hydroxyl groups is 3. The fraction of sp³-hybridized carbons (Fsp3) is 0.375.